The van der Waals surface area contributed by atoms with Gasteiger partial charge in [0.05, 0.1) is 16.3 Å². The third-order valence-corrected chi connectivity index (χ3v) is 6.84. The monoisotopic (exact) mass is 478 g/mol. The van der Waals surface area contributed by atoms with Crippen LogP contribution >= 0.6 is 35.2 Å². The van der Waals surface area contributed by atoms with E-state index in [-0.39, 0.29) is 10.6 Å². The second-order valence-electron chi connectivity index (χ2n) is 6.64. The maximum atomic E-state index is 11.3. The average Bonchev–Trinajstić information content (AvgIpc) is 3.07. The summed E-state index contributed by atoms with van der Waals surface area (Å²) in [6.07, 6.45) is 0.487. The van der Waals surface area contributed by atoms with Crippen LogP contribution in [0.1, 0.15) is 18.1 Å². The molecule has 0 bridgehead atoms. The number of nitrogens with two attached hydrogens (primary N) is 1. The number of sulfonamides is 1. The molecule has 0 aliphatic heterocycles. The summed E-state index contributed by atoms with van der Waals surface area (Å²) < 4.78 is 22.6. The second-order valence-corrected chi connectivity index (χ2v) is 10.1. The highest BCUT2D eigenvalue weighted by Crippen LogP contribution is 2.39. The van der Waals surface area contributed by atoms with E-state index in [0.717, 1.165) is 16.0 Å². The Balaban J connectivity index is 1.68. The number of thiocarbonyl (C=S) groups is 1. The van der Waals surface area contributed by atoms with Gasteiger partial charge in [-0.15, -0.1) is 11.3 Å². The number of primary sulfonamides is 1. The van der Waals surface area contributed by atoms with Crippen molar-refractivity contribution in [1.82, 2.24) is 0 Å². The molecule has 0 aliphatic carbocycles. The Kier molecular flexibility index (Phi) is 7.05. The normalized spacial score (nSPS) is 12.2. The summed E-state index contributed by atoms with van der Waals surface area (Å²) in [7, 11) is -3.71. The van der Waals surface area contributed by atoms with Gasteiger partial charge in [-0.05, 0) is 42.3 Å². The number of nitrogens with zero attached hydrogens (tertiary/aromatic N) is 1. The first kappa shape index (κ1) is 22.6. The Labute approximate surface area is 189 Å². The topological polar surface area (TPSA) is 92.8 Å². The minimum Gasteiger partial charge on any atom is -0.506 e. The fourth-order valence-corrected chi connectivity index (χ4v) is 4.75. The van der Waals surface area contributed by atoms with Crippen molar-refractivity contribution >= 4 is 55.8 Å². The number of thiophene rings is 1. The number of halogens is 1. The van der Waals surface area contributed by atoms with E-state index in [1.54, 1.807) is 24.3 Å². The SMILES string of the molecule is CC(=NCC(=S)Cc1ccc(S(N)(=O)=O)cc1)c1csc(-c2cccc(Cl)c2)c1O. The molecule has 0 radical (unpaired) electrons. The van der Waals surface area contributed by atoms with Gasteiger partial charge >= 0.3 is 0 Å². The molecule has 0 saturated heterocycles. The largest absolute Gasteiger partial charge is 0.506 e. The molecule has 0 aliphatic rings. The van der Waals surface area contributed by atoms with Crippen LogP contribution in [0.5, 0.6) is 5.75 Å². The Bertz CT molecular complexity index is 1220. The fourth-order valence-electron chi connectivity index (χ4n) is 2.82. The zero-order valence-corrected chi connectivity index (χ0v) is 19.2. The lowest BCUT2D eigenvalue weighted by Crippen LogP contribution is -2.12. The van der Waals surface area contributed by atoms with Gasteiger partial charge in [0.2, 0.25) is 10.0 Å². The molecule has 2 aromatic carbocycles. The summed E-state index contributed by atoms with van der Waals surface area (Å²) in [5, 5.41) is 18.2. The lowest BCUT2D eigenvalue weighted by Gasteiger charge is -2.05. The van der Waals surface area contributed by atoms with Crippen LogP contribution in [-0.4, -0.2) is 30.6 Å². The Hall–Kier alpha value is -2.10. The molecule has 0 unspecified atom stereocenters. The van der Waals surface area contributed by atoms with Gasteiger partial charge in [0.1, 0.15) is 5.75 Å². The van der Waals surface area contributed by atoms with E-state index >= 15 is 0 Å². The van der Waals surface area contributed by atoms with Gasteiger partial charge in [-0.2, -0.15) is 0 Å². The molecular formula is C21H19ClN2O3S3. The molecule has 3 N–H and O–H groups in total. The second kappa shape index (κ2) is 9.36. The molecule has 0 amide bonds. The van der Waals surface area contributed by atoms with E-state index in [4.69, 9.17) is 29.0 Å². The number of rotatable bonds is 7. The fraction of sp³-hybridized carbons (Fsp3) is 0.143. The minimum atomic E-state index is -3.71. The predicted molar refractivity (Wildman–Crippen MR) is 128 cm³/mol. The van der Waals surface area contributed by atoms with Crippen LogP contribution < -0.4 is 5.14 Å². The van der Waals surface area contributed by atoms with Crippen LogP contribution in [-0.2, 0) is 16.4 Å². The lowest BCUT2D eigenvalue weighted by atomic mass is 10.1. The molecule has 3 rings (SSSR count). The molecule has 0 atom stereocenters. The van der Waals surface area contributed by atoms with Crippen molar-refractivity contribution < 1.29 is 13.5 Å². The van der Waals surface area contributed by atoms with Crippen LogP contribution in [0.25, 0.3) is 10.4 Å². The van der Waals surface area contributed by atoms with Crippen LogP contribution in [0.15, 0.2) is 63.8 Å². The Morgan fingerprint density at radius 3 is 2.57 bits per heavy atom. The number of aromatic hydroxyl groups is 1. The number of hydrogen-bond acceptors (Lipinski definition) is 6. The molecule has 0 saturated carbocycles. The first-order valence-corrected chi connectivity index (χ1v) is 12.1. The van der Waals surface area contributed by atoms with Crippen molar-refractivity contribution in [3.63, 3.8) is 0 Å². The summed E-state index contributed by atoms with van der Waals surface area (Å²) >= 11 is 12.9. The van der Waals surface area contributed by atoms with Gasteiger partial charge in [0, 0.05) is 33.0 Å². The Morgan fingerprint density at radius 1 is 1.23 bits per heavy atom. The van der Waals surface area contributed by atoms with Crippen molar-refractivity contribution in [1.29, 1.82) is 0 Å². The lowest BCUT2D eigenvalue weighted by molar-refractivity contribution is 0.478. The van der Waals surface area contributed by atoms with E-state index in [1.807, 2.05) is 24.4 Å². The molecule has 5 nitrogen and oxygen atoms in total. The van der Waals surface area contributed by atoms with Crippen molar-refractivity contribution in [2.75, 3.05) is 6.54 Å². The van der Waals surface area contributed by atoms with Crippen molar-refractivity contribution in [3.8, 4) is 16.2 Å². The van der Waals surface area contributed by atoms with Crippen LogP contribution in [0, 0.1) is 0 Å². The molecule has 0 spiro atoms. The smallest absolute Gasteiger partial charge is 0.238 e. The van der Waals surface area contributed by atoms with Gasteiger partial charge in [0.25, 0.3) is 0 Å². The summed E-state index contributed by atoms with van der Waals surface area (Å²) in [6.45, 7) is 2.15. The van der Waals surface area contributed by atoms with Gasteiger partial charge < -0.3 is 5.11 Å². The highest BCUT2D eigenvalue weighted by Gasteiger charge is 2.15. The van der Waals surface area contributed by atoms with Crippen LogP contribution in [0.4, 0.5) is 0 Å². The number of hydrogen-bond donors (Lipinski definition) is 2. The molecule has 9 heteroatoms. The van der Waals surface area contributed by atoms with E-state index < -0.39 is 10.0 Å². The van der Waals surface area contributed by atoms with Crippen LogP contribution in [0.2, 0.25) is 5.02 Å². The first-order chi connectivity index (χ1) is 14.1. The van der Waals surface area contributed by atoms with E-state index in [9.17, 15) is 13.5 Å². The van der Waals surface area contributed by atoms with Crippen molar-refractivity contribution in [2.45, 2.75) is 18.2 Å². The number of aliphatic imine (C=N–C) groups is 1. The zero-order chi connectivity index (χ0) is 21.9. The molecule has 1 aromatic heterocycles. The van der Waals surface area contributed by atoms with Gasteiger partial charge in [-0.1, -0.05) is 48.1 Å². The van der Waals surface area contributed by atoms with Gasteiger partial charge in [-0.3, -0.25) is 4.99 Å². The first-order valence-electron chi connectivity index (χ1n) is 8.86. The third-order valence-electron chi connectivity index (χ3n) is 4.39. The summed E-state index contributed by atoms with van der Waals surface area (Å²) in [4.78, 5) is 6.01. The molecule has 0 fully saturated rings. The highest BCUT2D eigenvalue weighted by molar-refractivity contribution is 7.89. The van der Waals surface area contributed by atoms with Gasteiger partial charge in [-0.25, -0.2) is 13.6 Å². The predicted octanol–water partition coefficient (Wildman–Crippen LogP) is 4.84. The quantitative estimate of drug-likeness (QED) is 0.375. The summed E-state index contributed by atoms with van der Waals surface area (Å²) in [5.41, 5.74) is 3.07. The maximum absolute atomic E-state index is 11.3. The Morgan fingerprint density at radius 2 is 1.93 bits per heavy atom. The standard InChI is InChI=1S/C21H19ClN2O3S3/c1-13(19-12-29-21(20(19)25)15-3-2-4-16(22)10-15)24-11-17(28)9-14-5-7-18(8-6-14)30(23,26)27/h2-8,10,12,25H,9,11H2,1H3,(H2,23,26,27). The third kappa shape index (κ3) is 5.53. The van der Waals surface area contributed by atoms with E-state index in [0.29, 0.717) is 34.1 Å². The van der Waals surface area contributed by atoms with Crippen molar-refractivity contribution in [3.05, 3.63) is 70.1 Å². The highest BCUT2D eigenvalue weighted by atomic mass is 35.5. The number of benzene rings is 2. The zero-order valence-electron chi connectivity index (χ0n) is 16.0. The molecule has 156 valence electrons. The minimum absolute atomic E-state index is 0.0643. The van der Waals surface area contributed by atoms with Gasteiger partial charge in [0.15, 0.2) is 0 Å². The van der Waals surface area contributed by atoms with Crippen LogP contribution in [0.3, 0.4) is 0 Å². The van der Waals surface area contributed by atoms with E-state index in [2.05, 4.69) is 4.99 Å². The van der Waals surface area contributed by atoms with Crippen molar-refractivity contribution in [2.24, 2.45) is 10.1 Å². The van der Waals surface area contributed by atoms with E-state index in [1.165, 1.54) is 23.5 Å². The molecule has 1 heterocycles. The average molecular weight is 479 g/mol. The summed E-state index contributed by atoms with van der Waals surface area (Å²) in [6, 6.07) is 13.6. The maximum Gasteiger partial charge on any atom is 0.238 e. The summed E-state index contributed by atoms with van der Waals surface area (Å²) in [5.74, 6) is 0.174. The molecule has 3 aromatic rings. The molecule has 30 heavy (non-hydrogen) atoms. The molecular weight excluding hydrogens is 460 g/mol.